The van der Waals surface area contributed by atoms with Crippen molar-refractivity contribution in [3.8, 4) is 0 Å². The van der Waals surface area contributed by atoms with Crippen LogP contribution in [0.15, 0.2) is 24.3 Å². The number of aromatic nitrogens is 3. The van der Waals surface area contributed by atoms with Gasteiger partial charge in [0.2, 0.25) is 5.91 Å². The van der Waals surface area contributed by atoms with Gasteiger partial charge in [0.05, 0.1) is 24.1 Å². The fraction of sp³-hybridized carbons (Fsp3) is 0.567. The molecular formula is C30H42N6O5. The highest BCUT2D eigenvalue weighted by Crippen LogP contribution is 2.29. The van der Waals surface area contributed by atoms with Crippen LogP contribution in [0.1, 0.15) is 57.7 Å². The molecule has 0 atom stereocenters. The van der Waals surface area contributed by atoms with Crippen LogP contribution in [0.3, 0.4) is 0 Å². The number of aryl methyl sites for hydroxylation is 1. The molecule has 0 saturated carbocycles. The van der Waals surface area contributed by atoms with Gasteiger partial charge in [-0.15, -0.1) is 0 Å². The van der Waals surface area contributed by atoms with Crippen molar-refractivity contribution >= 4 is 45.4 Å². The van der Waals surface area contributed by atoms with Gasteiger partial charge in [0, 0.05) is 76.9 Å². The first-order valence-corrected chi connectivity index (χ1v) is 14.7. The summed E-state index contributed by atoms with van der Waals surface area (Å²) in [6.45, 7) is 7.18. The number of hydrogen-bond donors (Lipinski definition) is 2. The summed E-state index contributed by atoms with van der Waals surface area (Å²) in [6.07, 6.45) is 4.32. The zero-order valence-corrected chi connectivity index (χ0v) is 24.0. The SMILES string of the molecule is CCCCc1nc2c(N)nc3ccccc3c2n1CCN1CCN(C(=O)CCC(=O)CCCOCCC(=O)O)CC1. The standard InChI is InChI=1S/C30H42N6O5/c1-2-3-10-25-33-28-29(23-8-4-5-9-24(23)32-30(28)31)36(25)19-16-34-14-17-35(18-15-34)26(38)12-11-22(37)7-6-20-41-21-13-27(39)40/h4-5,8-9H,2-3,6-7,10-21H2,1H3,(H2,31,32)(H,39,40). The largest absolute Gasteiger partial charge is 0.481 e. The lowest BCUT2D eigenvalue weighted by atomic mass is 10.1. The molecule has 2 aromatic heterocycles. The fourth-order valence-electron chi connectivity index (χ4n) is 5.30. The van der Waals surface area contributed by atoms with Crippen molar-refractivity contribution < 1.29 is 24.2 Å². The van der Waals surface area contributed by atoms with Gasteiger partial charge >= 0.3 is 5.97 Å². The molecule has 0 bridgehead atoms. The number of anilines is 1. The smallest absolute Gasteiger partial charge is 0.305 e. The molecule has 11 nitrogen and oxygen atoms in total. The lowest BCUT2D eigenvalue weighted by molar-refractivity contribution is -0.138. The number of carbonyl (C=O) groups is 3. The number of unbranched alkanes of at least 4 members (excludes halogenated alkanes) is 1. The fourth-order valence-corrected chi connectivity index (χ4v) is 5.30. The molecule has 3 aromatic rings. The number of hydrogen-bond acceptors (Lipinski definition) is 8. The number of imidazole rings is 1. The molecule has 1 aliphatic heterocycles. The van der Waals surface area contributed by atoms with E-state index in [0.717, 1.165) is 73.2 Å². The minimum absolute atomic E-state index is 0.0209. The van der Waals surface area contributed by atoms with Gasteiger partial charge in [0.15, 0.2) is 5.82 Å². The number of piperazine rings is 1. The third kappa shape index (κ3) is 8.23. The molecule has 3 N–H and O–H groups in total. The number of ketones is 1. The number of nitrogens with zero attached hydrogens (tertiary/aromatic N) is 5. The predicted molar refractivity (Wildman–Crippen MR) is 158 cm³/mol. The van der Waals surface area contributed by atoms with Crippen LogP contribution in [0.4, 0.5) is 5.82 Å². The molecule has 1 aliphatic rings. The van der Waals surface area contributed by atoms with E-state index in [-0.39, 0.29) is 37.6 Å². The lowest BCUT2D eigenvalue weighted by Crippen LogP contribution is -2.49. The Morgan fingerprint density at radius 2 is 1.73 bits per heavy atom. The van der Waals surface area contributed by atoms with Gasteiger partial charge in [-0.2, -0.15) is 0 Å². The lowest BCUT2D eigenvalue weighted by Gasteiger charge is -2.35. The summed E-state index contributed by atoms with van der Waals surface area (Å²) in [6, 6.07) is 8.05. The molecule has 0 spiro atoms. The van der Waals surface area contributed by atoms with Crippen LogP contribution in [0, 0.1) is 0 Å². The number of aliphatic carboxylic acids is 1. The Kier molecular flexibility index (Phi) is 11.0. The molecule has 0 aliphatic carbocycles. The van der Waals surface area contributed by atoms with Gasteiger partial charge in [-0.1, -0.05) is 31.5 Å². The number of nitrogen functional groups attached to an aromatic ring is 1. The maximum atomic E-state index is 12.7. The van der Waals surface area contributed by atoms with Gasteiger partial charge in [0.25, 0.3) is 0 Å². The van der Waals surface area contributed by atoms with Gasteiger partial charge < -0.3 is 25.0 Å². The third-order valence-corrected chi connectivity index (χ3v) is 7.63. The molecule has 1 saturated heterocycles. The zero-order chi connectivity index (χ0) is 29.2. The van der Waals surface area contributed by atoms with Crippen molar-refractivity contribution in [1.82, 2.24) is 24.3 Å². The number of carboxylic acid groups (broad SMARTS) is 1. The van der Waals surface area contributed by atoms with E-state index in [2.05, 4.69) is 27.4 Å². The van der Waals surface area contributed by atoms with Crippen molar-refractivity contribution in [1.29, 1.82) is 0 Å². The average Bonchev–Trinajstić information content (AvgIpc) is 3.34. The molecule has 11 heteroatoms. The Morgan fingerprint density at radius 1 is 0.951 bits per heavy atom. The van der Waals surface area contributed by atoms with Crippen molar-refractivity contribution in [3.63, 3.8) is 0 Å². The second kappa shape index (κ2) is 14.9. The first-order chi connectivity index (χ1) is 19.9. The van der Waals surface area contributed by atoms with Crippen LogP contribution in [0.2, 0.25) is 0 Å². The number of para-hydroxylation sites is 1. The van der Waals surface area contributed by atoms with E-state index in [1.165, 1.54) is 0 Å². The summed E-state index contributed by atoms with van der Waals surface area (Å²) < 4.78 is 7.52. The average molecular weight is 567 g/mol. The normalized spacial score (nSPS) is 14.2. The Hall–Kier alpha value is -3.57. The molecule has 41 heavy (non-hydrogen) atoms. The number of pyridine rings is 1. The molecule has 0 unspecified atom stereocenters. The van der Waals surface area contributed by atoms with Gasteiger partial charge in [-0.05, 0) is 18.9 Å². The number of fused-ring (bicyclic) bond motifs is 3. The molecule has 1 aromatic carbocycles. The summed E-state index contributed by atoms with van der Waals surface area (Å²) >= 11 is 0. The number of carboxylic acids is 1. The molecule has 4 rings (SSSR count). The van der Waals surface area contributed by atoms with Crippen LogP contribution >= 0.6 is 0 Å². The number of carbonyl (C=O) groups excluding carboxylic acids is 2. The number of nitrogens with two attached hydrogens (primary N) is 1. The minimum Gasteiger partial charge on any atom is -0.481 e. The first kappa shape index (κ1) is 30.4. The highest BCUT2D eigenvalue weighted by atomic mass is 16.5. The van der Waals surface area contributed by atoms with Gasteiger partial charge in [-0.25, -0.2) is 9.97 Å². The topological polar surface area (TPSA) is 144 Å². The Bertz CT molecular complexity index is 1350. The first-order valence-electron chi connectivity index (χ1n) is 14.7. The maximum absolute atomic E-state index is 12.7. The Morgan fingerprint density at radius 3 is 2.49 bits per heavy atom. The number of rotatable bonds is 16. The zero-order valence-electron chi connectivity index (χ0n) is 24.0. The predicted octanol–water partition coefficient (Wildman–Crippen LogP) is 3.27. The van der Waals surface area contributed by atoms with E-state index >= 15 is 0 Å². The van der Waals surface area contributed by atoms with E-state index in [4.69, 9.17) is 20.6 Å². The van der Waals surface area contributed by atoms with E-state index in [0.29, 0.717) is 38.4 Å². The molecule has 222 valence electrons. The number of Topliss-reactive ketones (excluding diaryl/α,β-unsaturated/α-hetero) is 1. The Balaban J connectivity index is 1.26. The second-order valence-corrected chi connectivity index (χ2v) is 10.6. The maximum Gasteiger partial charge on any atom is 0.305 e. The summed E-state index contributed by atoms with van der Waals surface area (Å²) in [4.78, 5) is 49.1. The van der Waals surface area contributed by atoms with Gasteiger partial charge in [-0.3, -0.25) is 19.3 Å². The van der Waals surface area contributed by atoms with Crippen LogP contribution in [-0.2, 0) is 32.1 Å². The van der Waals surface area contributed by atoms with E-state index in [9.17, 15) is 14.4 Å². The van der Waals surface area contributed by atoms with Crippen LogP contribution < -0.4 is 5.73 Å². The minimum atomic E-state index is -0.902. The highest BCUT2D eigenvalue weighted by molar-refractivity contribution is 6.06. The summed E-state index contributed by atoms with van der Waals surface area (Å²) in [5.41, 5.74) is 9.02. The number of benzene rings is 1. The van der Waals surface area contributed by atoms with Crippen molar-refractivity contribution in [2.75, 3.05) is 51.7 Å². The molecule has 3 heterocycles. The van der Waals surface area contributed by atoms with Crippen LogP contribution in [0.5, 0.6) is 0 Å². The van der Waals surface area contributed by atoms with Gasteiger partial charge in [0.1, 0.15) is 17.1 Å². The van der Waals surface area contributed by atoms with Crippen molar-refractivity contribution in [3.05, 3.63) is 30.1 Å². The summed E-state index contributed by atoms with van der Waals surface area (Å²) in [5, 5.41) is 9.65. The van der Waals surface area contributed by atoms with Crippen LogP contribution in [0.25, 0.3) is 21.9 Å². The second-order valence-electron chi connectivity index (χ2n) is 10.6. The van der Waals surface area contributed by atoms with Crippen molar-refractivity contribution in [2.45, 2.75) is 64.8 Å². The molecule has 1 amide bonds. The van der Waals surface area contributed by atoms with Crippen molar-refractivity contribution in [2.24, 2.45) is 0 Å². The molecule has 0 radical (unpaired) electrons. The van der Waals surface area contributed by atoms with E-state index in [1.54, 1.807) is 0 Å². The van der Waals surface area contributed by atoms with Crippen LogP contribution in [-0.4, -0.2) is 93.0 Å². The van der Waals surface area contributed by atoms with E-state index < -0.39 is 5.97 Å². The monoisotopic (exact) mass is 566 g/mol. The number of ether oxygens (including phenoxy) is 1. The molecule has 1 fully saturated rings. The van der Waals surface area contributed by atoms with E-state index in [1.807, 2.05) is 23.1 Å². The summed E-state index contributed by atoms with van der Waals surface area (Å²) in [5.74, 6) is 0.656. The highest BCUT2D eigenvalue weighted by Gasteiger charge is 2.23. The quantitative estimate of drug-likeness (QED) is 0.250. The third-order valence-electron chi connectivity index (χ3n) is 7.63. The molecular weight excluding hydrogens is 524 g/mol. The summed E-state index contributed by atoms with van der Waals surface area (Å²) in [7, 11) is 0. The Labute approximate surface area is 240 Å². The number of amides is 1.